The summed E-state index contributed by atoms with van der Waals surface area (Å²) >= 11 is 1.43. The summed E-state index contributed by atoms with van der Waals surface area (Å²) in [7, 11) is -3.18. The fourth-order valence-corrected chi connectivity index (χ4v) is 6.43. The molecule has 1 aliphatic rings. The number of hydrogen-bond acceptors (Lipinski definition) is 6. The van der Waals surface area contributed by atoms with Crippen molar-refractivity contribution < 1.29 is 22.0 Å². The van der Waals surface area contributed by atoms with Gasteiger partial charge in [-0.2, -0.15) is 5.10 Å². The van der Waals surface area contributed by atoms with Gasteiger partial charge in [0.1, 0.15) is 11.6 Å². The number of nitrogens with zero attached hydrogens (tertiary/aromatic N) is 3. The smallest absolute Gasteiger partial charge is 0.256 e. The molecule has 11 heteroatoms. The third-order valence-electron chi connectivity index (χ3n) is 5.59. The highest BCUT2D eigenvalue weighted by Gasteiger charge is 2.32. The molecule has 4 heterocycles. The Bertz CT molecular complexity index is 1500. The van der Waals surface area contributed by atoms with Gasteiger partial charge in [-0.3, -0.25) is 4.79 Å². The lowest BCUT2D eigenvalue weighted by Crippen LogP contribution is -2.15. The van der Waals surface area contributed by atoms with Gasteiger partial charge in [0.05, 0.1) is 50.4 Å². The number of carbonyl (C=O) groups excluding carboxylic acids is 1. The minimum atomic E-state index is -3.18. The molecule has 1 aliphatic heterocycles. The van der Waals surface area contributed by atoms with E-state index in [2.05, 4.69) is 10.4 Å². The number of fused-ring (bicyclic) bond motifs is 1. The van der Waals surface area contributed by atoms with Crippen molar-refractivity contribution in [2.75, 3.05) is 16.8 Å². The van der Waals surface area contributed by atoms with E-state index < -0.39 is 33.4 Å². The van der Waals surface area contributed by atoms with Gasteiger partial charge in [-0.1, -0.05) is 6.07 Å². The second-order valence-corrected chi connectivity index (χ2v) is 11.1. The summed E-state index contributed by atoms with van der Waals surface area (Å²) in [6, 6.07) is 7.70. The molecular formula is C22H18F2N4O3S2. The second kappa shape index (κ2) is 7.99. The van der Waals surface area contributed by atoms with Crippen LogP contribution in [0.3, 0.4) is 0 Å². The van der Waals surface area contributed by atoms with Crippen LogP contribution >= 0.6 is 11.3 Å². The Morgan fingerprint density at radius 2 is 2.06 bits per heavy atom. The normalized spacial score (nSPS) is 17.5. The van der Waals surface area contributed by atoms with Crippen LogP contribution in [0.5, 0.6) is 0 Å². The maximum Gasteiger partial charge on any atom is 0.256 e. The number of rotatable bonds is 4. The van der Waals surface area contributed by atoms with Gasteiger partial charge < -0.3 is 5.32 Å². The van der Waals surface area contributed by atoms with Crippen molar-refractivity contribution in [3.05, 3.63) is 64.7 Å². The SMILES string of the molecule is Cc1nn([C@@H]2CCS(=O)(=O)C2)c2nc(-c3cccs3)cc(C(=O)Nc3cc(F)ccc3F)c12. The lowest BCUT2D eigenvalue weighted by Gasteiger charge is -2.12. The van der Waals surface area contributed by atoms with Gasteiger partial charge in [-0.05, 0) is 43.0 Å². The van der Waals surface area contributed by atoms with Crippen molar-refractivity contribution >= 4 is 43.8 Å². The molecule has 4 aromatic rings. The van der Waals surface area contributed by atoms with Crippen LogP contribution in [-0.4, -0.2) is 40.6 Å². The van der Waals surface area contributed by atoms with E-state index in [1.54, 1.807) is 17.7 Å². The van der Waals surface area contributed by atoms with Crippen molar-refractivity contribution in [3.8, 4) is 10.6 Å². The minimum absolute atomic E-state index is 0.0514. The second-order valence-electron chi connectivity index (χ2n) is 7.90. The van der Waals surface area contributed by atoms with Crippen LogP contribution < -0.4 is 5.32 Å². The molecule has 0 unspecified atom stereocenters. The summed E-state index contributed by atoms with van der Waals surface area (Å²) < 4.78 is 53.5. The molecule has 5 rings (SSSR count). The number of halogens is 2. The molecule has 0 saturated carbocycles. The summed E-state index contributed by atoms with van der Waals surface area (Å²) in [5.41, 5.74) is 1.28. The van der Waals surface area contributed by atoms with Crippen LogP contribution in [0.25, 0.3) is 21.6 Å². The molecule has 33 heavy (non-hydrogen) atoms. The van der Waals surface area contributed by atoms with Gasteiger partial charge in [0.2, 0.25) is 0 Å². The highest BCUT2D eigenvalue weighted by atomic mass is 32.2. The number of aromatic nitrogens is 3. The van der Waals surface area contributed by atoms with Crippen molar-refractivity contribution in [2.45, 2.75) is 19.4 Å². The molecule has 3 aromatic heterocycles. The first-order valence-electron chi connectivity index (χ1n) is 10.1. The van der Waals surface area contributed by atoms with E-state index in [1.165, 1.54) is 11.3 Å². The van der Waals surface area contributed by atoms with Gasteiger partial charge in [-0.15, -0.1) is 11.3 Å². The zero-order valence-corrected chi connectivity index (χ0v) is 19.0. The monoisotopic (exact) mass is 488 g/mol. The Morgan fingerprint density at radius 3 is 2.76 bits per heavy atom. The van der Waals surface area contributed by atoms with Gasteiger partial charge in [0.15, 0.2) is 15.5 Å². The quantitative estimate of drug-likeness (QED) is 0.461. The number of amides is 1. The molecule has 0 spiro atoms. The van der Waals surface area contributed by atoms with E-state index >= 15 is 0 Å². The summed E-state index contributed by atoms with van der Waals surface area (Å²) in [6.45, 7) is 1.70. The van der Waals surface area contributed by atoms with Crippen LogP contribution in [0.2, 0.25) is 0 Å². The summed E-state index contributed by atoms with van der Waals surface area (Å²) in [4.78, 5) is 18.8. The van der Waals surface area contributed by atoms with Crippen LogP contribution in [0.15, 0.2) is 41.8 Å². The van der Waals surface area contributed by atoms with Gasteiger partial charge in [0.25, 0.3) is 5.91 Å². The number of sulfone groups is 1. The van der Waals surface area contributed by atoms with Crippen LogP contribution in [0.4, 0.5) is 14.5 Å². The van der Waals surface area contributed by atoms with E-state index in [0.29, 0.717) is 28.8 Å². The Kier molecular flexibility index (Phi) is 5.25. The summed E-state index contributed by atoms with van der Waals surface area (Å²) in [5, 5.41) is 9.27. The maximum atomic E-state index is 14.2. The first kappa shape index (κ1) is 21.7. The lowest BCUT2D eigenvalue weighted by atomic mass is 10.1. The van der Waals surface area contributed by atoms with Crippen LogP contribution in [0, 0.1) is 18.6 Å². The number of pyridine rings is 1. The van der Waals surface area contributed by atoms with Crippen molar-refractivity contribution in [2.24, 2.45) is 0 Å². The molecule has 0 bridgehead atoms. The number of anilines is 1. The zero-order chi connectivity index (χ0) is 23.3. The topological polar surface area (TPSA) is 93.9 Å². The molecule has 0 radical (unpaired) electrons. The molecule has 1 aromatic carbocycles. The number of hydrogen-bond donors (Lipinski definition) is 1. The number of aryl methyl sites for hydroxylation is 1. The molecule has 1 N–H and O–H groups in total. The van der Waals surface area contributed by atoms with Crippen molar-refractivity contribution in [1.82, 2.24) is 14.8 Å². The first-order valence-corrected chi connectivity index (χ1v) is 12.8. The molecule has 0 aliphatic carbocycles. The molecule has 7 nitrogen and oxygen atoms in total. The minimum Gasteiger partial charge on any atom is -0.319 e. The predicted molar refractivity (Wildman–Crippen MR) is 122 cm³/mol. The highest BCUT2D eigenvalue weighted by molar-refractivity contribution is 7.91. The third-order valence-corrected chi connectivity index (χ3v) is 8.23. The van der Waals surface area contributed by atoms with Gasteiger partial charge >= 0.3 is 0 Å². The largest absolute Gasteiger partial charge is 0.319 e. The Morgan fingerprint density at radius 1 is 1.24 bits per heavy atom. The fraction of sp³-hybridized carbons (Fsp3) is 0.227. The maximum absolute atomic E-state index is 14.2. The summed E-state index contributed by atoms with van der Waals surface area (Å²) in [6.07, 6.45) is 0.402. The van der Waals surface area contributed by atoms with E-state index in [1.807, 2.05) is 17.5 Å². The van der Waals surface area contributed by atoms with Gasteiger partial charge in [-0.25, -0.2) is 26.9 Å². The lowest BCUT2D eigenvalue weighted by molar-refractivity contribution is 0.102. The Hall–Kier alpha value is -3.18. The number of benzene rings is 1. The fourth-order valence-electron chi connectivity index (χ4n) is 4.05. The van der Waals surface area contributed by atoms with Crippen molar-refractivity contribution in [1.29, 1.82) is 0 Å². The average molecular weight is 489 g/mol. The third kappa shape index (κ3) is 4.02. The molecule has 170 valence electrons. The van der Waals surface area contributed by atoms with Crippen LogP contribution in [-0.2, 0) is 9.84 Å². The number of carbonyl (C=O) groups is 1. The Balaban J connectivity index is 1.67. The Labute approximate surface area is 192 Å². The van der Waals surface area contributed by atoms with E-state index in [-0.39, 0.29) is 22.8 Å². The van der Waals surface area contributed by atoms with Crippen molar-refractivity contribution in [3.63, 3.8) is 0 Å². The molecule has 1 atom stereocenters. The van der Waals surface area contributed by atoms with Crippen LogP contribution in [0.1, 0.15) is 28.5 Å². The molecule has 1 amide bonds. The highest BCUT2D eigenvalue weighted by Crippen LogP contribution is 2.33. The van der Waals surface area contributed by atoms with E-state index in [4.69, 9.17) is 4.98 Å². The first-order chi connectivity index (χ1) is 15.7. The van der Waals surface area contributed by atoms with E-state index in [0.717, 1.165) is 23.1 Å². The summed E-state index contributed by atoms with van der Waals surface area (Å²) in [5.74, 6) is -2.08. The van der Waals surface area contributed by atoms with Gasteiger partial charge in [0, 0.05) is 6.07 Å². The number of nitrogens with one attached hydrogen (secondary N) is 1. The number of thiophene rings is 1. The molecule has 1 fully saturated rings. The molecular weight excluding hydrogens is 470 g/mol. The standard InChI is InChI=1S/C22H18F2N4O3S2/c1-12-20-15(22(29)26-17-9-13(23)4-5-16(17)24)10-18(19-3-2-7-32-19)25-21(20)28(27-12)14-6-8-33(30,31)11-14/h2-5,7,9-10,14H,6,8,11H2,1H3,(H,26,29)/t14-/m1/s1. The molecule has 1 saturated heterocycles. The predicted octanol–water partition coefficient (Wildman–Crippen LogP) is 4.36. The average Bonchev–Trinajstić information content (AvgIpc) is 3.49. The van der Waals surface area contributed by atoms with E-state index in [9.17, 15) is 22.0 Å². The zero-order valence-electron chi connectivity index (χ0n) is 17.4.